The highest BCUT2D eigenvalue weighted by Crippen LogP contribution is 2.45. The Morgan fingerprint density at radius 1 is 1.28 bits per heavy atom. The van der Waals surface area contributed by atoms with Gasteiger partial charge in [0.1, 0.15) is 17.3 Å². The number of alkyl halides is 1. The third-order valence-corrected chi connectivity index (χ3v) is 6.05. The molecule has 4 rings (SSSR count). The van der Waals surface area contributed by atoms with E-state index in [-0.39, 0.29) is 23.7 Å². The van der Waals surface area contributed by atoms with Crippen molar-refractivity contribution < 1.29 is 27.6 Å². The van der Waals surface area contributed by atoms with Crippen LogP contribution in [0.3, 0.4) is 0 Å². The van der Waals surface area contributed by atoms with Crippen LogP contribution in [0.4, 0.5) is 13.2 Å². The average Bonchev–Trinajstić information content (AvgIpc) is 3.05. The number of carbonyl (C=O) groups is 1. The molecule has 0 saturated carbocycles. The first-order valence-electron chi connectivity index (χ1n) is 10.6. The van der Waals surface area contributed by atoms with Crippen molar-refractivity contribution in [2.45, 2.75) is 51.4 Å². The van der Waals surface area contributed by atoms with Crippen LogP contribution >= 0.6 is 0 Å². The lowest BCUT2D eigenvalue weighted by atomic mass is 9.85. The topological polar surface area (TPSA) is 44.4 Å². The molecule has 1 aromatic carbocycles. The van der Waals surface area contributed by atoms with Gasteiger partial charge in [0, 0.05) is 48.4 Å². The van der Waals surface area contributed by atoms with E-state index in [9.17, 15) is 9.18 Å². The number of hydrogen-bond donors (Lipinski definition) is 1. The fraction of sp³-hybridized carbons (Fsp3) is 0.360. The molecule has 0 amide bonds. The average molecular weight is 443 g/mol. The zero-order chi connectivity index (χ0) is 23.2. The highest BCUT2D eigenvalue weighted by molar-refractivity contribution is 5.85. The highest BCUT2D eigenvalue weighted by atomic mass is 19.1. The summed E-state index contributed by atoms with van der Waals surface area (Å²) in [6, 6.07) is 7.18. The van der Waals surface area contributed by atoms with Crippen molar-refractivity contribution in [1.82, 2.24) is 4.90 Å². The number of halogens is 3. The second kappa shape index (κ2) is 8.20. The Morgan fingerprint density at radius 3 is 2.59 bits per heavy atom. The lowest BCUT2D eigenvalue weighted by Crippen LogP contribution is -2.49. The standard InChI is InChI=1S/C25H25F3N2O2/c1-15-10-21-18(13-17-6-4-5-9-29(17)21)24(30(15)14-25(2,3)28)23-19(26)11-16(12-20(23)27)7-8-22(31)32/h4-9,11-12,15,24H,10,13-14H2,1-3H3/p+1/b8-7+. The Morgan fingerprint density at radius 2 is 1.97 bits per heavy atom. The van der Waals surface area contributed by atoms with E-state index >= 15 is 8.78 Å². The Bertz CT molecular complexity index is 1110. The fourth-order valence-electron chi connectivity index (χ4n) is 4.82. The van der Waals surface area contributed by atoms with Crippen molar-refractivity contribution in [2.75, 3.05) is 6.54 Å². The first-order valence-corrected chi connectivity index (χ1v) is 10.6. The minimum Gasteiger partial charge on any atom is -0.478 e. The maximum absolute atomic E-state index is 15.4. The summed E-state index contributed by atoms with van der Waals surface area (Å²) < 4.78 is 47.6. The summed E-state index contributed by atoms with van der Waals surface area (Å²) >= 11 is 0. The lowest BCUT2D eigenvalue weighted by Gasteiger charge is -2.42. The van der Waals surface area contributed by atoms with Gasteiger partial charge < -0.3 is 5.11 Å². The molecule has 2 unspecified atom stereocenters. The van der Waals surface area contributed by atoms with Gasteiger partial charge in [-0.1, -0.05) is 6.07 Å². The molecule has 32 heavy (non-hydrogen) atoms. The highest BCUT2D eigenvalue weighted by Gasteiger charge is 2.46. The molecular weight excluding hydrogens is 417 g/mol. The van der Waals surface area contributed by atoms with Gasteiger partial charge in [-0.25, -0.2) is 18.0 Å². The van der Waals surface area contributed by atoms with Crippen LogP contribution in [0.5, 0.6) is 0 Å². The van der Waals surface area contributed by atoms with E-state index in [4.69, 9.17) is 5.11 Å². The van der Waals surface area contributed by atoms with Crippen molar-refractivity contribution in [1.29, 1.82) is 0 Å². The normalized spacial score (nSPS) is 21.2. The Hall–Kier alpha value is -2.93. The molecule has 0 aliphatic carbocycles. The summed E-state index contributed by atoms with van der Waals surface area (Å²) in [4.78, 5) is 12.6. The van der Waals surface area contributed by atoms with Crippen LogP contribution in [0.2, 0.25) is 0 Å². The molecule has 1 aromatic heterocycles. The second-order valence-corrected chi connectivity index (χ2v) is 9.13. The predicted octanol–water partition coefficient (Wildman–Crippen LogP) is 4.70. The van der Waals surface area contributed by atoms with Crippen molar-refractivity contribution in [3.63, 3.8) is 0 Å². The molecule has 0 fully saturated rings. The van der Waals surface area contributed by atoms with Crippen LogP contribution in [-0.2, 0) is 11.2 Å². The number of rotatable bonds is 5. The van der Waals surface area contributed by atoms with Crippen LogP contribution in [0.1, 0.15) is 50.1 Å². The van der Waals surface area contributed by atoms with Crippen LogP contribution in [0.15, 0.2) is 48.2 Å². The van der Waals surface area contributed by atoms with Gasteiger partial charge >= 0.3 is 5.97 Å². The SMILES string of the molecule is CC1CC2=C(Cc3cccc[n+]32)C(c2c(F)cc(/C=C/C(=O)O)cc2F)N1CC(C)(C)F. The first-order chi connectivity index (χ1) is 15.0. The van der Waals surface area contributed by atoms with Gasteiger partial charge in [-0.2, -0.15) is 4.57 Å². The molecule has 7 heteroatoms. The van der Waals surface area contributed by atoms with E-state index in [2.05, 4.69) is 4.57 Å². The zero-order valence-corrected chi connectivity index (χ0v) is 18.3. The van der Waals surface area contributed by atoms with Crippen LogP contribution in [-0.4, -0.2) is 34.2 Å². The van der Waals surface area contributed by atoms with E-state index < -0.39 is 29.3 Å². The number of pyridine rings is 1. The van der Waals surface area contributed by atoms with Gasteiger partial charge in [-0.15, -0.1) is 0 Å². The fourth-order valence-corrected chi connectivity index (χ4v) is 4.82. The number of aliphatic carboxylic acids is 1. The summed E-state index contributed by atoms with van der Waals surface area (Å²) in [5.41, 5.74) is 1.32. The second-order valence-electron chi connectivity index (χ2n) is 9.13. The van der Waals surface area contributed by atoms with Gasteiger partial charge in [-0.3, -0.25) is 4.90 Å². The van der Waals surface area contributed by atoms with E-state index in [0.29, 0.717) is 12.8 Å². The summed E-state index contributed by atoms with van der Waals surface area (Å²) in [6.07, 6.45) is 5.10. The number of benzene rings is 1. The molecule has 0 saturated heterocycles. The number of carboxylic acids is 1. The smallest absolute Gasteiger partial charge is 0.328 e. The van der Waals surface area contributed by atoms with Gasteiger partial charge in [0.15, 0.2) is 17.6 Å². The summed E-state index contributed by atoms with van der Waals surface area (Å²) in [5.74, 6) is -2.75. The minimum absolute atomic E-state index is 0.0240. The molecule has 2 atom stereocenters. The molecule has 3 heterocycles. The largest absolute Gasteiger partial charge is 0.478 e. The lowest BCUT2D eigenvalue weighted by molar-refractivity contribution is -0.587. The first kappa shape index (κ1) is 22.3. The summed E-state index contributed by atoms with van der Waals surface area (Å²) in [6.45, 7) is 4.90. The number of carboxylic acid groups (broad SMARTS) is 1. The number of nitrogens with zero attached hydrogens (tertiary/aromatic N) is 2. The molecule has 1 N–H and O–H groups in total. The minimum atomic E-state index is -1.56. The van der Waals surface area contributed by atoms with Crippen molar-refractivity contribution in [2.24, 2.45) is 0 Å². The molecular formula is C25H26F3N2O2+. The molecule has 4 nitrogen and oxygen atoms in total. The van der Waals surface area contributed by atoms with E-state index in [1.165, 1.54) is 13.8 Å². The molecule has 2 aliphatic rings. The summed E-state index contributed by atoms with van der Waals surface area (Å²) in [5, 5.41) is 8.81. The molecule has 168 valence electrons. The quantitative estimate of drug-likeness (QED) is 0.538. The van der Waals surface area contributed by atoms with Gasteiger partial charge in [0.05, 0.1) is 12.5 Å². The molecule has 2 aromatic rings. The van der Waals surface area contributed by atoms with E-state index in [1.807, 2.05) is 36.2 Å². The van der Waals surface area contributed by atoms with Crippen molar-refractivity contribution in [3.8, 4) is 0 Å². The number of fused-ring (bicyclic) bond motifs is 2. The van der Waals surface area contributed by atoms with Crippen molar-refractivity contribution in [3.05, 3.63) is 76.6 Å². The van der Waals surface area contributed by atoms with Gasteiger partial charge in [0.2, 0.25) is 0 Å². The van der Waals surface area contributed by atoms with Gasteiger partial charge in [0.25, 0.3) is 0 Å². The number of hydrogen-bond acceptors (Lipinski definition) is 2. The van der Waals surface area contributed by atoms with Gasteiger partial charge in [-0.05, 0) is 44.5 Å². The third kappa shape index (κ3) is 4.21. The van der Waals surface area contributed by atoms with Crippen LogP contribution in [0, 0.1) is 11.6 Å². The number of aromatic nitrogens is 1. The monoisotopic (exact) mass is 443 g/mol. The molecule has 0 bridgehead atoms. The maximum atomic E-state index is 15.4. The van der Waals surface area contributed by atoms with Crippen LogP contribution in [0.25, 0.3) is 11.8 Å². The van der Waals surface area contributed by atoms with Crippen molar-refractivity contribution >= 4 is 17.7 Å². The van der Waals surface area contributed by atoms with Crippen LogP contribution < -0.4 is 4.57 Å². The molecule has 0 radical (unpaired) electrons. The summed E-state index contributed by atoms with van der Waals surface area (Å²) in [7, 11) is 0. The Labute approximate surface area is 185 Å². The third-order valence-electron chi connectivity index (χ3n) is 6.05. The molecule has 0 spiro atoms. The molecule has 2 aliphatic heterocycles. The van der Waals surface area contributed by atoms with E-state index in [1.54, 1.807) is 0 Å². The zero-order valence-electron chi connectivity index (χ0n) is 18.3. The predicted molar refractivity (Wildman–Crippen MR) is 115 cm³/mol. The maximum Gasteiger partial charge on any atom is 0.328 e. The Kier molecular flexibility index (Phi) is 5.71. The van der Waals surface area contributed by atoms with E-state index in [0.717, 1.165) is 41.2 Å². The Balaban J connectivity index is 1.86.